The Hall–Kier alpha value is -1.70. The van der Waals surface area contributed by atoms with Crippen LogP contribution in [0.2, 0.25) is 0 Å². The van der Waals surface area contributed by atoms with Gasteiger partial charge in [0.1, 0.15) is 11.6 Å². The summed E-state index contributed by atoms with van der Waals surface area (Å²) < 4.78 is 49.4. The van der Waals surface area contributed by atoms with E-state index < -0.39 is 33.5 Å². The fraction of sp³-hybridized carbons (Fsp3) is 0.533. The first kappa shape index (κ1) is 19.3. The van der Waals surface area contributed by atoms with E-state index in [-0.39, 0.29) is 24.5 Å². The van der Waals surface area contributed by atoms with Gasteiger partial charge in [-0.3, -0.25) is 0 Å². The SMILES string of the molecule is CCS(=O)(=O)C[C@@H](C)N(C)C(=O)NCCc1ccc(F)cc1F. The Balaban J connectivity index is 2.49. The van der Waals surface area contributed by atoms with E-state index in [2.05, 4.69) is 5.32 Å². The van der Waals surface area contributed by atoms with Crippen LogP contribution in [0.15, 0.2) is 18.2 Å². The third kappa shape index (κ3) is 6.13. The molecule has 0 unspecified atom stereocenters. The molecule has 0 saturated heterocycles. The van der Waals surface area contributed by atoms with Crippen LogP contribution in [0, 0.1) is 11.6 Å². The summed E-state index contributed by atoms with van der Waals surface area (Å²) in [5, 5.41) is 2.59. The lowest BCUT2D eigenvalue weighted by Crippen LogP contribution is -2.45. The van der Waals surface area contributed by atoms with Crippen LogP contribution in [-0.4, -0.2) is 50.5 Å². The zero-order valence-electron chi connectivity index (χ0n) is 13.5. The molecule has 1 N–H and O–H groups in total. The molecule has 2 amide bonds. The third-order valence-electron chi connectivity index (χ3n) is 3.60. The lowest BCUT2D eigenvalue weighted by molar-refractivity contribution is 0.198. The maximum atomic E-state index is 13.5. The molecule has 1 rings (SSSR count). The van der Waals surface area contributed by atoms with Crippen LogP contribution >= 0.6 is 0 Å². The summed E-state index contributed by atoms with van der Waals surface area (Å²) >= 11 is 0. The van der Waals surface area contributed by atoms with Crippen molar-refractivity contribution < 1.29 is 22.0 Å². The van der Waals surface area contributed by atoms with E-state index in [1.807, 2.05) is 0 Å². The summed E-state index contributed by atoms with van der Waals surface area (Å²) in [5.74, 6) is -1.40. The Morgan fingerprint density at radius 3 is 2.57 bits per heavy atom. The summed E-state index contributed by atoms with van der Waals surface area (Å²) in [7, 11) is -1.67. The molecule has 0 spiro atoms. The summed E-state index contributed by atoms with van der Waals surface area (Å²) in [4.78, 5) is 13.3. The van der Waals surface area contributed by atoms with E-state index in [4.69, 9.17) is 0 Å². The van der Waals surface area contributed by atoms with Gasteiger partial charge in [-0.2, -0.15) is 0 Å². The van der Waals surface area contributed by atoms with Crippen molar-refractivity contribution in [1.82, 2.24) is 10.2 Å². The van der Waals surface area contributed by atoms with Crippen LogP contribution in [0.1, 0.15) is 19.4 Å². The number of hydrogen-bond donors (Lipinski definition) is 1. The van der Waals surface area contributed by atoms with Gasteiger partial charge in [0.15, 0.2) is 9.84 Å². The van der Waals surface area contributed by atoms with E-state index in [0.717, 1.165) is 12.1 Å². The topological polar surface area (TPSA) is 66.5 Å². The average Bonchev–Trinajstić information content (AvgIpc) is 2.48. The lowest BCUT2D eigenvalue weighted by atomic mass is 10.1. The van der Waals surface area contributed by atoms with Crippen molar-refractivity contribution in [3.63, 3.8) is 0 Å². The molecule has 5 nitrogen and oxygen atoms in total. The highest BCUT2D eigenvalue weighted by atomic mass is 32.2. The fourth-order valence-corrected chi connectivity index (χ4v) is 3.14. The zero-order valence-corrected chi connectivity index (χ0v) is 14.3. The fourth-order valence-electron chi connectivity index (χ4n) is 1.95. The smallest absolute Gasteiger partial charge is 0.317 e. The van der Waals surface area contributed by atoms with Gasteiger partial charge in [-0.1, -0.05) is 13.0 Å². The molecule has 1 aromatic rings. The van der Waals surface area contributed by atoms with Crippen molar-refractivity contribution in [3.05, 3.63) is 35.4 Å². The second-order valence-electron chi connectivity index (χ2n) is 5.38. The molecular formula is C15H22F2N2O3S. The molecule has 0 bridgehead atoms. The van der Waals surface area contributed by atoms with Crippen LogP contribution in [0.3, 0.4) is 0 Å². The Morgan fingerprint density at radius 1 is 1.35 bits per heavy atom. The summed E-state index contributed by atoms with van der Waals surface area (Å²) in [5.41, 5.74) is 0.302. The predicted molar refractivity (Wildman–Crippen MR) is 85.0 cm³/mol. The predicted octanol–water partition coefficient (Wildman–Crippen LogP) is 1.97. The van der Waals surface area contributed by atoms with Crippen LogP contribution in [0.4, 0.5) is 13.6 Å². The summed E-state index contributed by atoms with van der Waals surface area (Å²) in [6.07, 6.45) is 0.216. The minimum absolute atomic E-state index is 0.0244. The molecule has 130 valence electrons. The maximum absolute atomic E-state index is 13.5. The van der Waals surface area contributed by atoms with Gasteiger partial charge in [0.05, 0.1) is 5.75 Å². The quantitative estimate of drug-likeness (QED) is 0.819. The van der Waals surface area contributed by atoms with Crippen molar-refractivity contribution in [3.8, 4) is 0 Å². The Kier molecular flexibility index (Phi) is 6.93. The number of benzene rings is 1. The number of carbonyl (C=O) groups is 1. The highest BCUT2D eigenvalue weighted by Gasteiger charge is 2.21. The molecule has 0 aliphatic carbocycles. The molecule has 0 aliphatic rings. The second-order valence-corrected chi connectivity index (χ2v) is 7.77. The minimum atomic E-state index is -3.18. The van der Waals surface area contributed by atoms with E-state index >= 15 is 0 Å². The Labute approximate surface area is 135 Å². The average molecular weight is 348 g/mol. The minimum Gasteiger partial charge on any atom is -0.338 e. The molecule has 0 aromatic heterocycles. The first-order valence-electron chi connectivity index (χ1n) is 7.31. The number of halogens is 2. The van der Waals surface area contributed by atoms with Crippen molar-refractivity contribution in [1.29, 1.82) is 0 Å². The number of nitrogens with one attached hydrogen (secondary N) is 1. The lowest BCUT2D eigenvalue weighted by Gasteiger charge is -2.25. The Bertz CT molecular complexity index is 650. The zero-order chi connectivity index (χ0) is 17.6. The van der Waals surface area contributed by atoms with Gasteiger partial charge in [-0.15, -0.1) is 0 Å². The van der Waals surface area contributed by atoms with Gasteiger partial charge in [-0.25, -0.2) is 22.0 Å². The van der Waals surface area contributed by atoms with Crippen molar-refractivity contribution >= 4 is 15.9 Å². The van der Waals surface area contributed by atoms with Gasteiger partial charge < -0.3 is 10.2 Å². The summed E-state index contributed by atoms with van der Waals surface area (Å²) in [6.45, 7) is 3.37. The van der Waals surface area contributed by atoms with E-state index in [1.54, 1.807) is 13.8 Å². The number of hydrogen-bond acceptors (Lipinski definition) is 3. The molecule has 1 atom stereocenters. The molecule has 8 heteroatoms. The number of amides is 2. The molecule has 1 aromatic carbocycles. The number of carbonyl (C=O) groups excluding carboxylic acids is 1. The van der Waals surface area contributed by atoms with Gasteiger partial charge >= 0.3 is 6.03 Å². The third-order valence-corrected chi connectivity index (χ3v) is 5.47. The highest BCUT2D eigenvalue weighted by molar-refractivity contribution is 7.91. The van der Waals surface area contributed by atoms with E-state index in [1.165, 1.54) is 18.0 Å². The molecule has 0 radical (unpaired) electrons. The van der Waals surface area contributed by atoms with Gasteiger partial charge in [0.25, 0.3) is 0 Å². The van der Waals surface area contributed by atoms with Crippen LogP contribution in [-0.2, 0) is 16.3 Å². The number of urea groups is 1. The number of rotatable bonds is 7. The van der Waals surface area contributed by atoms with Gasteiger partial charge in [-0.05, 0) is 25.0 Å². The number of sulfone groups is 1. The standard InChI is InChI=1S/C15H22F2N2O3S/c1-4-23(21,22)10-11(2)19(3)15(20)18-8-7-12-5-6-13(16)9-14(12)17/h5-6,9,11H,4,7-8,10H2,1-3H3,(H,18,20)/t11-/m1/s1. The first-order valence-corrected chi connectivity index (χ1v) is 9.13. The van der Waals surface area contributed by atoms with Crippen LogP contribution in [0.25, 0.3) is 0 Å². The monoisotopic (exact) mass is 348 g/mol. The molecule has 0 aliphatic heterocycles. The van der Waals surface area contributed by atoms with Crippen molar-refractivity contribution in [2.45, 2.75) is 26.3 Å². The van der Waals surface area contributed by atoms with Crippen molar-refractivity contribution in [2.24, 2.45) is 0 Å². The van der Waals surface area contributed by atoms with Gasteiger partial charge in [0.2, 0.25) is 0 Å². The molecule has 0 heterocycles. The molecule has 0 fully saturated rings. The molecular weight excluding hydrogens is 326 g/mol. The maximum Gasteiger partial charge on any atom is 0.317 e. The number of nitrogens with zero attached hydrogens (tertiary/aromatic N) is 1. The Morgan fingerprint density at radius 2 is 2.00 bits per heavy atom. The van der Waals surface area contributed by atoms with E-state index in [0.29, 0.717) is 5.56 Å². The van der Waals surface area contributed by atoms with Crippen molar-refractivity contribution in [2.75, 3.05) is 25.1 Å². The molecule has 23 heavy (non-hydrogen) atoms. The summed E-state index contributed by atoms with van der Waals surface area (Å²) in [6, 6.07) is 2.37. The van der Waals surface area contributed by atoms with E-state index in [9.17, 15) is 22.0 Å². The second kappa shape index (κ2) is 8.24. The first-order chi connectivity index (χ1) is 10.7. The van der Waals surface area contributed by atoms with Crippen LogP contribution in [0.5, 0.6) is 0 Å². The van der Waals surface area contributed by atoms with Crippen LogP contribution < -0.4 is 5.32 Å². The normalized spacial score (nSPS) is 12.7. The molecule has 0 saturated carbocycles. The highest BCUT2D eigenvalue weighted by Crippen LogP contribution is 2.09. The van der Waals surface area contributed by atoms with Gasteiger partial charge in [0, 0.05) is 31.5 Å². The largest absolute Gasteiger partial charge is 0.338 e.